The normalized spacial score (nSPS) is 8.77. The molecule has 0 spiro atoms. The zero-order chi connectivity index (χ0) is 10.4. The van der Waals surface area contributed by atoms with E-state index in [0.717, 1.165) is 11.1 Å². The molecule has 0 aliphatic carbocycles. The maximum atomic E-state index is 11.8. The standard InChI is InChI=1S/C8H8ClFO.C2H6/c1-5-3-6(2)8(9)7(4-5)11-10;1-2/h3-4H,1-2H3;1-2H3. The van der Waals surface area contributed by atoms with Crippen molar-refractivity contribution < 1.29 is 9.47 Å². The Hall–Kier alpha value is -0.760. The lowest BCUT2D eigenvalue weighted by Gasteiger charge is -2.02. The Morgan fingerprint density at radius 3 is 2.23 bits per heavy atom. The minimum Gasteiger partial charge on any atom is -0.293 e. The highest BCUT2D eigenvalue weighted by Gasteiger charge is 2.05. The second kappa shape index (κ2) is 5.81. The van der Waals surface area contributed by atoms with Gasteiger partial charge in [-0.3, -0.25) is 4.94 Å². The molecule has 0 saturated carbocycles. The molecule has 0 unspecified atom stereocenters. The Bertz CT molecular complexity index is 274. The van der Waals surface area contributed by atoms with Crippen LogP contribution in [-0.4, -0.2) is 0 Å². The predicted molar refractivity (Wildman–Crippen MR) is 54.0 cm³/mol. The molecule has 1 nitrogen and oxygen atoms in total. The topological polar surface area (TPSA) is 9.23 Å². The van der Waals surface area contributed by atoms with Crippen molar-refractivity contribution in [2.75, 3.05) is 0 Å². The lowest BCUT2D eigenvalue weighted by Crippen LogP contribution is -1.84. The lowest BCUT2D eigenvalue weighted by molar-refractivity contribution is -0.00619. The van der Waals surface area contributed by atoms with Crippen LogP contribution in [0.4, 0.5) is 4.53 Å². The molecule has 0 fully saturated rings. The highest BCUT2D eigenvalue weighted by atomic mass is 35.5. The molecule has 0 aromatic heterocycles. The Labute approximate surface area is 83.4 Å². The van der Waals surface area contributed by atoms with Gasteiger partial charge in [-0.2, -0.15) is 0 Å². The Morgan fingerprint density at radius 1 is 1.23 bits per heavy atom. The first-order valence-corrected chi connectivity index (χ1v) is 4.58. The number of hydrogen-bond donors (Lipinski definition) is 0. The molecule has 0 aliphatic heterocycles. The summed E-state index contributed by atoms with van der Waals surface area (Å²) in [7, 11) is 0. The number of benzene rings is 1. The Kier molecular flexibility index (Phi) is 5.47. The molecular formula is C10H14ClFO. The van der Waals surface area contributed by atoms with E-state index in [1.165, 1.54) is 0 Å². The summed E-state index contributed by atoms with van der Waals surface area (Å²) in [6.07, 6.45) is 0. The van der Waals surface area contributed by atoms with Crippen LogP contribution in [0, 0.1) is 13.8 Å². The van der Waals surface area contributed by atoms with E-state index in [-0.39, 0.29) is 5.75 Å². The van der Waals surface area contributed by atoms with E-state index in [4.69, 9.17) is 11.6 Å². The average Bonchev–Trinajstić information content (AvgIpc) is 2.14. The van der Waals surface area contributed by atoms with Gasteiger partial charge < -0.3 is 0 Å². The van der Waals surface area contributed by atoms with Crippen LogP contribution in [0.2, 0.25) is 5.02 Å². The molecule has 3 heteroatoms. The molecule has 0 saturated heterocycles. The third-order valence-corrected chi connectivity index (χ3v) is 1.93. The van der Waals surface area contributed by atoms with Crippen molar-refractivity contribution in [1.29, 1.82) is 0 Å². The van der Waals surface area contributed by atoms with E-state index in [1.54, 1.807) is 13.0 Å². The van der Waals surface area contributed by atoms with Crippen LogP contribution in [0.15, 0.2) is 12.1 Å². The summed E-state index contributed by atoms with van der Waals surface area (Å²) in [6.45, 7) is 7.66. The van der Waals surface area contributed by atoms with Crippen molar-refractivity contribution in [3.05, 3.63) is 28.3 Å². The average molecular weight is 205 g/mol. The fourth-order valence-electron chi connectivity index (χ4n) is 0.967. The van der Waals surface area contributed by atoms with Crippen LogP contribution in [-0.2, 0) is 0 Å². The van der Waals surface area contributed by atoms with Crippen molar-refractivity contribution in [1.82, 2.24) is 0 Å². The zero-order valence-electron chi connectivity index (χ0n) is 8.32. The minimum atomic E-state index is 0.0872. The van der Waals surface area contributed by atoms with Crippen molar-refractivity contribution in [3.8, 4) is 5.75 Å². The third-order valence-electron chi connectivity index (χ3n) is 1.45. The summed E-state index contributed by atoms with van der Waals surface area (Å²) in [5.41, 5.74) is 1.75. The predicted octanol–water partition coefficient (Wildman–Crippen LogP) is 4.25. The van der Waals surface area contributed by atoms with Gasteiger partial charge >= 0.3 is 0 Å². The second-order valence-electron chi connectivity index (χ2n) is 2.47. The third kappa shape index (κ3) is 3.23. The summed E-state index contributed by atoms with van der Waals surface area (Å²) in [4.78, 5) is 3.57. The summed E-state index contributed by atoms with van der Waals surface area (Å²) in [6, 6.07) is 3.42. The van der Waals surface area contributed by atoms with Crippen LogP contribution < -0.4 is 4.94 Å². The van der Waals surface area contributed by atoms with Gasteiger partial charge in [0.2, 0.25) is 0 Å². The van der Waals surface area contributed by atoms with Crippen LogP contribution in [0.3, 0.4) is 0 Å². The van der Waals surface area contributed by atoms with E-state index < -0.39 is 0 Å². The zero-order valence-corrected chi connectivity index (χ0v) is 9.07. The van der Waals surface area contributed by atoms with Crippen molar-refractivity contribution in [3.63, 3.8) is 0 Å². The van der Waals surface area contributed by atoms with Gasteiger partial charge in [-0.25, -0.2) is 0 Å². The summed E-state index contributed by atoms with van der Waals surface area (Å²) < 4.78 is 11.8. The summed E-state index contributed by atoms with van der Waals surface area (Å²) in [5, 5.41) is 0.332. The number of rotatable bonds is 1. The van der Waals surface area contributed by atoms with Gasteiger partial charge in [0.25, 0.3) is 0 Å². The van der Waals surface area contributed by atoms with E-state index in [9.17, 15) is 4.53 Å². The van der Waals surface area contributed by atoms with Gasteiger partial charge in [-0.15, -0.1) is 0 Å². The summed E-state index contributed by atoms with van der Waals surface area (Å²) in [5.74, 6) is 0.0872. The molecule has 1 aromatic rings. The molecule has 0 atom stereocenters. The largest absolute Gasteiger partial charge is 0.293 e. The first-order chi connectivity index (χ1) is 6.15. The van der Waals surface area contributed by atoms with Gasteiger partial charge in [0.05, 0.1) is 5.02 Å². The van der Waals surface area contributed by atoms with Crippen LogP contribution in [0.1, 0.15) is 25.0 Å². The SMILES string of the molecule is CC.Cc1cc(C)c(Cl)c(OF)c1. The second-order valence-corrected chi connectivity index (χ2v) is 2.85. The molecule has 0 radical (unpaired) electrons. The first-order valence-electron chi connectivity index (χ1n) is 4.20. The van der Waals surface area contributed by atoms with Gasteiger partial charge in [0, 0.05) is 4.53 Å². The fraction of sp³-hybridized carbons (Fsp3) is 0.400. The van der Waals surface area contributed by atoms with E-state index in [1.807, 2.05) is 26.8 Å². The number of halogens is 2. The smallest absolute Gasteiger partial charge is 0.190 e. The van der Waals surface area contributed by atoms with Gasteiger partial charge in [0.1, 0.15) is 0 Å². The minimum absolute atomic E-state index is 0.0872. The molecule has 0 aliphatic rings. The van der Waals surface area contributed by atoms with Crippen molar-refractivity contribution in [2.45, 2.75) is 27.7 Å². The number of hydrogen-bond acceptors (Lipinski definition) is 1. The molecule has 74 valence electrons. The van der Waals surface area contributed by atoms with Gasteiger partial charge in [-0.05, 0) is 31.0 Å². The lowest BCUT2D eigenvalue weighted by atomic mass is 10.1. The maximum absolute atomic E-state index is 11.8. The Morgan fingerprint density at radius 2 is 1.77 bits per heavy atom. The summed E-state index contributed by atoms with van der Waals surface area (Å²) >= 11 is 5.70. The number of aryl methyl sites for hydroxylation is 2. The Balaban J connectivity index is 0.000000671. The molecule has 1 rings (SSSR count). The van der Waals surface area contributed by atoms with E-state index in [2.05, 4.69) is 4.94 Å². The highest BCUT2D eigenvalue weighted by Crippen LogP contribution is 2.29. The quantitative estimate of drug-likeness (QED) is 0.665. The van der Waals surface area contributed by atoms with Gasteiger partial charge in [-0.1, -0.05) is 31.5 Å². The molecule has 1 aromatic carbocycles. The molecule has 0 amide bonds. The molecule has 0 N–H and O–H groups in total. The molecular weight excluding hydrogens is 191 g/mol. The van der Waals surface area contributed by atoms with E-state index in [0.29, 0.717) is 5.02 Å². The monoisotopic (exact) mass is 204 g/mol. The van der Waals surface area contributed by atoms with Crippen LogP contribution >= 0.6 is 11.6 Å². The van der Waals surface area contributed by atoms with Gasteiger partial charge in [0.15, 0.2) is 5.75 Å². The van der Waals surface area contributed by atoms with E-state index >= 15 is 0 Å². The maximum Gasteiger partial charge on any atom is 0.190 e. The molecule has 13 heavy (non-hydrogen) atoms. The fourth-order valence-corrected chi connectivity index (χ4v) is 1.11. The highest BCUT2D eigenvalue weighted by molar-refractivity contribution is 6.32. The van der Waals surface area contributed by atoms with Crippen molar-refractivity contribution >= 4 is 11.6 Å². The molecule has 0 bridgehead atoms. The van der Waals surface area contributed by atoms with Crippen LogP contribution in [0.5, 0.6) is 5.75 Å². The van der Waals surface area contributed by atoms with Crippen LogP contribution in [0.25, 0.3) is 0 Å². The molecule has 0 heterocycles. The first kappa shape index (κ1) is 12.2. The van der Waals surface area contributed by atoms with Crippen molar-refractivity contribution in [2.24, 2.45) is 0 Å².